The number of amides is 1. The van der Waals surface area contributed by atoms with Gasteiger partial charge in [0.25, 0.3) is 0 Å². The van der Waals surface area contributed by atoms with Crippen molar-refractivity contribution in [2.75, 3.05) is 12.0 Å². The molecule has 6 heteroatoms. The van der Waals surface area contributed by atoms with Crippen molar-refractivity contribution in [2.24, 2.45) is 7.05 Å². The van der Waals surface area contributed by atoms with Crippen molar-refractivity contribution in [3.05, 3.63) is 66.1 Å². The largest absolute Gasteiger partial charge is 0.350 e. The number of carbonyl (C=O) groups is 1. The third-order valence-electron chi connectivity index (χ3n) is 5.01. The number of fused-ring (bicyclic) bond motifs is 2. The van der Waals surface area contributed by atoms with Crippen LogP contribution in [0.2, 0.25) is 0 Å². The molecule has 0 aliphatic heterocycles. The molecule has 1 atom stereocenters. The van der Waals surface area contributed by atoms with Gasteiger partial charge in [0, 0.05) is 24.1 Å². The smallest absolute Gasteiger partial charge is 0.225 e. The second kappa shape index (κ2) is 8.10. The van der Waals surface area contributed by atoms with Gasteiger partial charge < -0.3 is 14.9 Å². The van der Waals surface area contributed by atoms with Gasteiger partial charge in [0.05, 0.1) is 23.5 Å². The number of benzene rings is 2. The average molecular weight is 393 g/mol. The lowest BCUT2D eigenvalue weighted by molar-refractivity contribution is -0.121. The second-order valence-electron chi connectivity index (χ2n) is 7.00. The Kier molecular flexibility index (Phi) is 5.39. The van der Waals surface area contributed by atoms with E-state index in [9.17, 15) is 4.79 Å². The van der Waals surface area contributed by atoms with Crippen LogP contribution in [-0.2, 0) is 18.3 Å². The molecule has 144 valence electrons. The maximum absolute atomic E-state index is 12.9. The van der Waals surface area contributed by atoms with Crippen molar-refractivity contribution in [3.63, 3.8) is 0 Å². The Morgan fingerprint density at radius 1 is 1.21 bits per heavy atom. The van der Waals surface area contributed by atoms with E-state index in [1.54, 1.807) is 11.8 Å². The summed E-state index contributed by atoms with van der Waals surface area (Å²) in [7, 11) is 2.01. The van der Waals surface area contributed by atoms with Crippen molar-refractivity contribution in [3.8, 4) is 0 Å². The van der Waals surface area contributed by atoms with Crippen molar-refractivity contribution in [1.29, 1.82) is 0 Å². The first kappa shape index (κ1) is 18.6. The third-order valence-corrected chi connectivity index (χ3v) is 5.66. The first-order valence-corrected chi connectivity index (χ1v) is 10.8. The van der Waals surface area contributed by atoms with Crippen LogP contribution in [0.4, 0.5) is 0 Å². The summed E-state index contributed by atoms with van der Waals surface area (Å²) >= 11 is 1.77. The Morgan fingerprint density at radius 2 is 2.00 bits per heavy atom. The van der Waals surface area contributed by atoms with Gasteiger partial charge in [-0.2, -0.15) is 11.8 Å². The van der Waals surface area contributed by atoms with Crippen LogP contribution in [-0.4, -0.2) is 32.5 Å². The molecule has 0 aliphatic carbocycles. The van der Waals surface area contributed by atoms with Gasteiger partial charge in [-0.25, -0.2) is 4.98 Å². The summed E-state index contributed by atoms with van der Waals surface area (Å²) in [6, 6.07) is 16.0. The highest BCUT2D eigenvalue weighted by molar-refractivity contribution is 7.98. The Bertz CT molecular complexity index is 1080. The van der Waals surface area contributed by atoms with Crippen LogP contribution in [0.15, 0.2) is 54.7 Å². The number of aromatic nitrogens is 3. The van der Waals surface area contributed by atoms with Gasteiger partial charge in [-0.3, -0.25) is 4.79 Å². The molecule has 0 saturated carbocycles. The molecule has 0 fully saturated rings. The number of thioether (sulfide) groups is 1. The Morgan fingerprint density at radius 3 is 2.82 bits per heavy atom. The van der Waals surface area contributed by atoms with Crippen LogP contribution in [0.25, 0.3) is 21.9 Å². The Balaban J connectivity index is 1.55. The van der Waals surface area contributed by atoms with Gasteiger partial charge in [0.2, 0.25) is 5.91 Å². The fraction of sp³-hybridized carbons (Fsp3) is 0.273. The van der Waals surface area contributed by atoms with E-state index in [1.807, 2.05) is 49.6 Å². The van der Waals surface area contributed by atoms with Gasteiger partial charge in [0.15, 0.2) is 0 Å². The monoisotopic (exact) mass is 392 g/mol. The molecule has 4 aromatic rings. The fourth-order valence-electron chi connectivity index (χ4n) is 3.64. The number of hydrogen-bond acceptors (Lipinski definition) is 3. The van der Waals surface area contributed by atoms with E-state index in [2.05, 4.69) is 33.3 Å². The molecular weight excluding hydrogens is 368 g/mol. The highest BCUT2D eigenvalue weighted by Gasteiger charge is 2.19. The van der Waals surface area contributed by atoms with Crippen LogP contribution in [0.3, 0.4) is 0 Å². The molecule has 1 amide bonds. The van der Waals surface area contributed by atoms with Crippen molar-refractivity contribution < 1.29 is 4.79 Å². The summed E-state index contributed by atoms with van der Waals surface area (Å²) in [6.45, 7) is 0. The lowest BCUT2D eigenvalue weighted by Crippen LogP contribution is -2.31. The Labute approximate surface area is 168 Å². The molecule has 5 nitrogen and oxygen atoms in total. The molecule has 0 unspecified atom stereocenters. The highest BCUT2D eigenvalue weighted by Crippen LogP contribution is 2.23. The second-order valence-corrected chi connectivity index (χ2v) is 7.99. The topological polar surface area (TPSA) is 62.7 Å². The van der Waals surface area contributed by atoms with Crippen molar-refractivity contribution >= 4 is 39.6 Å². The maximum Gasteiger partial charge on any atom is 0.225 e. The summed E-state index contributed by atoms with van der Waals surface area (Å²) in [5.74, 6) is 1.79. The zero-order chi connectivity index (χ0) is 19.5. The number of nitrogens with one attached hydrogen (secondary N) is 2. The summed E-state index contributed by atoms with van der Waals surface area (Å²) in [6.07, 6.45) is 5.32. The van der Waals surface area contributed by atoms with Gasteiger partial charge in [-0.1, -0.05) is 30.3 Å². The minimum absolute atomic E-state index is 0.0166. The van der Waals surface area contributed by atoms with Gasteiger partial charge in [-0.15, -0.1) is 0 Å². The molecule has 2 N–H and O–H groups in total. The first-order chi connectivity index (χ1) is 13.7. The summed E-state index contributed by atoms with van der Waals surface area (Å²) in [5.41, 5.74) is 4.11. The SMILES string of the molecule is CSCC[C@@H](NC(=O)Cc1cn(C)c2ccccc12)c1nc2ccccc2[nH]1. The average Bonchev–Trinajstić information content (AvgIpc) is 3.27. The number of aromatic amines is 1. The minimum atomic E-state index is -0.123. The molecular formula is C22H24N4OS. The molecule has 2 aromatic heterocycles. The van der Waals surface area contributed by atoms with E-state index >= 15 is 0 Å². The molecule has 0 aliphatic rings. The normalized spacial score (nSPS) is 12.5. The van der Waals surface area contributed by atoms with Crippen LogP contribution >= 0.6 is 11.8 Å². The number of nitrogens with zero attached hydrogens (tertiary/aromatic N) is 2. The first-order valence-electron chi connectivity index (χ1n) is 9.41. The molecule has 4 rings (SSSR count). The van der Waals surface area contributed by atoms with Crippen molar-refractivity contribution in [2.45, 2.75) is 18.9 Å². The summed E-state index contributed by atoms with van der Waals surface area (Å²) < 4.78 is 2.07. The minimum Gasteiger partial charge on any atom is -0.350 e. The van der Waals surface area contributed by atoms with Crippen LogP contribution in [0, 0.1) is 0 Å². The zero-order valence-electron chi connectivity index (χ0n) is 16.1. The number of carbonyl (C=O) groups excluding carboxylic acids is 1. The molecule has 2 aromatic carbocycles. The van der Waals surface area contributed by atoms with E-state index in [-0.39, 0.29) is 11.9 Å². The van der Waals surface area contributed by atoms with Gasteiger partial charge in [0.1, 0.15) is 5.82 Å². The number of hydrogen-bond donors (Lipinski definition) is 2. The molecule has 0 saturated heterocycles. The molecule has 0 radical (unpaired) electrons. The lowest BCUT2D eigenvalue weighted by Gasteiger charge is -2.16. The summed E-state index contributed by atoms with van der Waals surface area (Å²) in [5, 5.41) is 4.33. The number of para-hydroxylation sites is 3. The van der Waals surface area contributed by atoms with E-state index in [4.69, 9.17) is 4.98 Å². The number of aryl methyl sites for hydroxylation is 1. The fourth-order valence-corrected chi connectivity index (χ4v) is 4.11. The van der Waals surface area contributed by atoms with Gasteiger partial charge in [-0.05, 0) is 42.2 Å². The number of rotatable bonds is 7. The molecule has 2 heterocycles. The predicted molar refractivity (Wildman–Crippen MR) is 117 cm³/mol. The van der Waals surface area contributed by atoms with Crippen LogP contribution < -0.4 is 5.32 Å². The maximum atomic E-state index is 12.9. The van der Waals surface area contributed by atoms with E-state index in [0.29, 0.717) is 6.42 Å². The van der Waals surface area contributed by atoms with E-state index < -0.39 is 0 Å². The lowest BCUT2D eigenvalue weighted by atomic mass is 10.1. The third kappa shape index (κ3) is 3.78. The highest BCUT2D eigenvalue weighted by atomic mass is 32.2. The zero-order valence-corrected chi connectivity index (χ0v) is 16.9. The van der Waals surface area contributed by atoms with Crippen LogP contribution in [0.1, 0.15) is 23.9 Å². The van der Waals surface area contributed by atoms with Crippen molar-refractivity contribution in [1.82, 2.24) is 19.9 Å². The predicted octanol–water partition coefficient (Wildman–Crippen LogP) is 4.21. The van der Waals surface area contributed by atoms with E-state index in [1.165, 1.54) is 0 Å². The number of imidazole rings is 1. The molecule has 28 heavy (non-hydrogen) atoms. The molecule has 0 bridgehead atoms. The standard InChI is InChI=1S/C22H24N4OS/c1-26-14-15(16-7-3-6-10-20(16)26)13-21(27)23-19(11-12-28-2)22-24-17-8-4-5-9-18(17)25-22/h3-10,14,19H,11-13H2,1-2H3,(H,23,27)(H,24,25)/t19-/m1/s1. The van der Waals surface area contributed by atoms with E-state index in [0.717, 1.165) is 45.5 Å². The van der Waals surface area contributed by atoms with Crippen LogP contribution in [0.5, 0.6) is 0 Å². The molecule has 0 spiro atoms. The quantitative estimate of drug-likeness (QED) is 0.495. The number of H-pyrrole nitrogens is 1. The van der Waals surface area contributed by atoms with Gasteiger partial charge >= 0.3 is 0 Å². The Hall–Kier alpha value is -2.73. The summed E-state index contributed by atoms with van der Waals surface area (Å²) in [4.78, 5) is 20.9.